The van der Waals surface area contributed by atoms with Crippen molar-refractivity contribution in [2.24, 2.45) is 0 Å². The molecule has 1 aromatic heterocycles. The highest BCUT2D eigenvalue weighted by molar-refractivity contribution is 7.12. The lowest BCUT2D eigenvalue weighted by molar-refractivity contribution is 0.446. The molecule has 78 valence electrons. The Labute approximate surface area is 94.5 Å². The monoisotopic (exact) mass is 229 g/mol. The van der Waals surface area contributed by atoms with Gasteiger partial charge in [0.25, 0.3) is 0 Å². The zero-order valence-corrected chi connectivity index (χ0v) is 10.1. The number of rotatable bonds is 2. The molecule has 0 spiro atoms. The van der Waals surface area contributed by atoms with Gasteiger partial charge in [0, 0.05) is 4.88 Å². The van der Waals surface area contributed by atoms with E-state index in [2.05, 4.69) is 11.9 Å². The summed E-state index contributed by atoms with van der Waals surface area (Å²) in [6.45, 7) is 2.12. The largest absolute Gasteiger partial charge is 0.245 e. The molecule has 2 rings (SSSR count). The Morgan fingerprint density at radius 1 is 1.36 bits per heavy atom. The van der Waals surface area contributed by atoms with Crippen LogP contribution in [0.4, 0.5) is 0 Å². The van der Waals surface area contributed by atoms with E-state index in [4.69, 9.17) is 11.6 Å². The van der Waals surface area contributed by atoms with Gasteiger partial charge in [-0.1, -0.05) is 19.3 Å². The second-order valence-corrected chi connectivity index (χ2v) is 5.41. The minimum Gasteiger partial charge on any atom is -0.245 e. The van der Waals surface area contributed by atoms with Gasteiger partial charge in [-0.2, -0.15) is 0 Å². The molecule has 1 aromatic rings. The summed E-state index contributed by atoms with van der Waals surface area (Å²) < 4.78 is 0. The van der Waals surface area contributed by atoms with Crippen molar-refractivity contribution in [2.45, 2.75) is 50.8 Å². The normalized spacial score (nSPS) is 18.7. The van der Waals surface area contributed by atoms with Gasteiger partial charge in [0.1, 0.15) is 5.01 Å². The quantitative estimate of drug-likeness (QED) is 0.692. The Kier molecular flexibility index (Phi) is 3.45. The Morgan fingerprint density at radius 3 is 2.64 bits per heavy atom. The van der Waals surface area contributed by atoms with Crippen LogP contribution in [0.3, 0.4) is 0 Å². The van der Waals surface area contributed by atoms with Crippen molar-refractivity contribution in [2.75, 3.05) is 0 Å². The molecule has 0 amide bonds. The van der Waals surface area contributed by atoms with Crippen LogP contribution in [0.5, 0.6) is 0 Å². The van der Waals surface area contributed by atoms with Crippen molar-refractivity contribution >= 4 is 22.9 Å². The maximum atomic E-state index is 5.80. The van der Waals surface area contributed by atoms with Crippen LogP contribution in [0.2, 0.25) is 0 Å². The number of aryl methyl sites for hydroxylation is 1. The molecule has 0 N–H and O–H groups in total. The highest BCUT2D eigenvalue weighted by Gasteiger charge is 2.20. The predicted molar refractivity (Wildman–Crippen MR) is 62.2 cm³/mol. The van der Waals surface area contributed by atoms with Crippen LogP contribution in [-0.2, 0) is 5.88 Å². The SMILES string of the molecule is Cc1nc(CCl)sc1C1CCCCC1. The molecule has 14 heavy (non-hydrogen) atoms. The molecular formula is C11H16ClNS. The van der Waals surface area contributed by atoms with Crippen molar-refractivity contribution in [3.05, 3.63) is 15.6 Å². The average molecular weight is 230 g/mol. The highest BCUT2D eigenvalue weighted by Crippen LogP contribution is 2.37. The summed E-state index contributed by atoms with van der Waals surface area (Å²) in [4.78, 5) is 5.99. The summed E-state index contributed by atoms with van der Waals surface area (Å²) in [7, 11) is 0. The first-order chi connectivity index (χ1) is 6.81. The van der Waals surface area contributed by atoms with Crippen molar-refractivity contribution in [1.82, 2.24) is 4.98 Å². The minimum absolute atomic E-state index is 0.568. The van der Waals surface area contributed by atoms with Crippen molar-refractivity contribution in [3.8, 4) is 0 Å². The van der Waals surface area contributed by atoms with E-state index in [0.717, 1.165) is 10.9 Å². The van der Waals surface area contributed by atoms with Gasteiger partial charge in [-0.05, 0) is 25.7 Å². The molecule has 1 saturated carbocycles. The fourth-order valence-corrected chi connectivity index (χ4v) is 3.58. The maximum Gasteiger partial charge on any atom is 0.108 e. The zero-order chi connectivity index (χ0) is 9.97. The topological polar surface area (TPSA) is 12.9 Å². The number of hydrogen-bond donors (Lipinski definition) is 0. The van der Waals surface area contributed by atoms with Gasteiger partial charge in [-0.25, -0.2) is 4.98 Å². The van der Waals surface area contributed by atoms with E-state index < -0.39 is 0 Å². The molecule has 0 atom stereocenters. The summed E-state index contributed by atoms with van der Waals surface area (Å²) in [6, 6.07) is 0. The zero-order valence-electron chi connectivity index (χ0n) is 8.55. The Hall–Kier alpha value is -0.0800. The standard InChI is InChI=1S/C11H16ClNS/c1-8-11(14-10(7-12)13-8)9-5-3-2-4-6-9/h9H,2-7H2,1H3. The van der Waals surface area contributed by atoms with Crippen molar-refractivity contribution < 1.29 is 0 Å². The van der Waals surface area contributed by atoms with Gasteiger partial charge < -0.3 is 0 Å². The van der Waals surface area contributed by atoms with E-state index >= 15 is 0 Å². The van der Waals surface area contributed by atoms with Crippen molar-refractivity contribution in [1.29, 1.82) is 0 Å². The summed E-state index contributed by atoms with van der Waals surface area (Å²) >= 11 is 7.62. The first kappa shape index (κ1) is 10.4. The maximum absolute atomic E-state index is 5.80. The van der Waals surface area contributed by atoms with Crippen LogP contribution in [0.15, 0.2) is 0 Å². The lowest BCUT2D eigenvalue weighted by Gasteiger charge is -2.20. The van der Waals surface area contributed by atoms with E-state index in [9.17, 15) is 0 Å². The van der Waals surface area contributed by atoms with Crippen LogP contribution in [0.25, 0.3) is 0 Å². The third kappa shape index (κ3) is 2.12. The van der Waals surface area contributed by atoms with Gasteiger partial charge in [-0.15, -0.1) is 22.9 Å². The number of hydrogen-bond acceptors (Lipinski definition) is 2. The first-order valence-corrected chi connectivity index (χ1v) is 6.68. The Balaban J connectivity index is 2.17. The van der Waals surface area contributed by atoms with Crippen LogP contribution < -0.4 is 0 Å². The van der Waals surface area contributed by atoms with Crippen LogP contribution in [0.1, 0.15) is 53.6 Å². The Bertz CT molecular complexity index is 302. The molecule has 1 nitrogen and oxygen atoms in total. The molecule has 0 unspecified atom stereocenters. The van der Waals surface area contributed by atoms with Crippen LogP contribution >= 0.6 is 22.9 Å². The summed E-state index contributed by atoms with van der Waals surface area (Å²) in [5.41, 5.74) is 1.22. The van der Waals surface area contributed by atoms with Gasteiger partial charge in [0.15, 0.2) is 0 Å². The minimum atomic E-state index is 0.568. The Morgan fingerprint density at radius 2 is 2.07 bits per heavy atom. The van der Waals surface area contributed by atoms with E-state index in [0.29, 0.717) is 5.88 Å². The van der Waals surface area contributed by atoms with Crippen LogP contribution in [0, 0.1) is 6.92 Å². The predicted octanol–water partition coefficient (Wildman–Crippen LogP) is 4.24. The average Bonchev–Trinajstić information content (AvgIpc) is 2.61. The smallest absolute Gasteiger partial charge is 0.108 e. The van der Waals surface area contributed by atoms with E-state index in [-0.39, 0.29) is 0 Å². The number of thiazole rings is 1. The molecule has 0 bridgehead atoms. The highest BCUT2D eigenvalue weighted by atomic mass is 35.5. The molecule has 0 aromatic carbocycles. The first-order valence-electron chi connectivity index (χ1n) is 5.33. The molecule has 3 heteroatoms. The third-order valence-corrected chi connectivity index (χ3v) is 4.70. The molecule has 1 aliphatic rings. The van der Waals surface area contributed by atoms with Gasteiger partial charge >= 0.3 is 0 Å². The molecule has 0 radical (unpaired) electrons. The molecule has 0 saturated heterocycles. The molecule has 1 fully saturated rings. The van der Waals surface area contributed by atoms with Gasteiger partial charge in [0.2, 0.25) is 0 Å². The number of halogens is 1. The fourth-order valence-electron chi connectivity index (χ4n) is 2.27. The molecular weight excluding hydrogens is 214 g/mol. The summed E-state index contributed by atoms with van der Waals surface area (Å²) in [5, 5.41) is 1.09. The van der Waals surface area contributed by atoms with E-state index in [1.165, 1.54) is 42.7 Å². The van der Waals surface area contributed by atoms with Gasteiger partial charge in [-0.3, -0.25) is 0 Å². The van der Waals surface area contributed by atoms with Crippen LogP contribution in [-0.4, -0.2) is 4.98 Å². The number of alkyl halides is 1. The lowest BCUT2D eigenvalue weighted by Crippen LogP contribution is -2.03. The second-order valence-electron chi connectivity index (χ2n) is 4.03. The van der Waals surface area contributed by atoms with E-state index in [1.54, 1.807) is 0 Å². The molecule has 0 aliphatic heterocycles. The molecule has 1 heterocycles. The third-order valence-electron chi connectivity index (χ3n) is 2.97. The number of aromatic nitrogens is 1. The van der Waals surface area contributed by atoms with Crippen molar-refractivity contribution in [3.63, 3.8) is 0 Å². The number of nitrogens with zero attached hydrogens (tertiary/aromatic N) is 1. The van der Waals surface area contributed by atoms with Gasteiger partial charge in [0.05, 0.1) is 11.6 Å². The lowest BCUT2D eigenvalue weighted by atomic mass is 9.88. The van der Waals surface area contributed by atoms with E-state index in [1.807, 2.05) is 11.3 Å². The summed E-state index contributed by atoms with van der Waals surface area (Å²) in [5.74, 6) is 1.34. The fraction of sp³-hybridized carbons (Fsp3) is 0.727. The molecule has 1 aliphatic carbocycles. The summed E-state index contributed by atoms with van der Waals surface area (Å²) in [6.07, 6.45) is 6.89. The second kappa shape index (κ2) is 4.63.